The van der Waals surface area contributed by atoms with E-state index in [9.17, 15) is 4.79 Å². The maximum Gasteiger partial charge on any atom is 0.243 e. The molecule has 8 heteroatoms. The fraction of sp³-hybridized carbons (Fsp3) is 0.619. The minimum atomic E-state index is -0.546. The molecule has 2 N–H and O–H groups in total. The van der Waals surface area contributed by atoms with Crippen LogP contribution in [0.5, 0.6) is 0 Å². The minimum Gasteiger partial charge on any atom is -0.375 e. The molecule has 1 aromatic rings. The molecule has 1 aliphatic heterocycles. The van der Waals surface area contributed by atoms with Gasteiger partial charge in [0.1, 0.15) is 6.54 Å². The molecule has 0 aromatic heterocycles. The van der Waals surface area contributed by atoms with E-state index in [4.69, 9.17) is 9.47 Å². The van der Waals surface area contributed by atoms with Crippen LogP contribution < -0.4 is 15.5 Å². The molecule has 1 amide bonds. The molecule has 0 aliphatic carbocycles. The van der Waals surface area contributed by atoms with Gasteiger partial charge in [-0.05, 0) is 25.5 Å². The summed E-state index contributed by atoms with van der Waals surface area (Å²) in [6.07, 6.45) is 1.64. The van der Waals surface area contributed by atoms with Crippen LogP contribution in [-0.2, 0) is 14.3 Å². The topological polar surface area (TPSA) is 78.4 Å². The van der Waals surface area contributed by atoms with Gasteiger partial charge in [0.25, 0.3) is 0 Å². The van der Waals surface area contributed by atoms with E-state index in [2.05, 4.69) is 39.7 Å². The number of amides is 1. The number of ether oxygens (including phenoxy) is 2. The first-order valence-corrected chi connectivity index (χ1v) is 10.2. The smallest absolute Gasteiger partial charge is 0.243 e. The van der Waals surface area contributed by atoms with Gasteiger partial charge in [-0.3, -0.25) is 4.79 Å². The van der Waals surface area contributed by atoms with Crippen molar-refractivity contribution < 1.29 is 14.3 Å². The van der Waals surface area contributed by atoms with Crippen LogP contribution in [0.2, 0.25) is 0 Å². The molecule has 0 bridgehead atoms. The van der Waals surface area contributed by atoms with Crippen molar-refractivity contribution in [3.8, 4) is 0 Å². The number of hydrogen-bond donors (Lipinski definition) is 2. The van der Waals surface area contributed by atoms with Gasteiger partial charge in [-0.2, -0.15) is 0 Å². The van der Waals surface area contributed by atoms with Crippen LogP contribution in [-0.4, -0.2) is 83.1 Å². The Morgan fingerprint density at radius 1 is 1.10 bits per heavy atom. The quantitative estimate of drug-likeness (QED) is 0.347. The highest BCUT2D eigenvalue weighted by atomic mass is 16.7. The molecule has 1 fully saturated rings. The van der Waals surface area contributed by atoms with E-state index in [0.29, 0.717) is 32.1 Å². The summed E-state index contributed by atoms with van der Waals surface area (Å²) in [5.74, 6) is 0.0455. The molecule has 1 aromatic carbocycles. The van der Waals surface area contributed by atoms with Gasteiger partial charge in [0.05, 0.1) is 13.2 Å². The number of carbonyl (C=O) groups excluding carboxylic acids is 1. The third kappa shape index (κ3) is 8.29. The molecule has 0 radical (unpaired) electrons. The number of benzene rings is 1. The number of anilines is 1. The lowest BCUT2D eigenvalue weighted by Gasteiger charge is -2.23. The third-order valence-electron chi connectivity index (χ3n) is 4.80. The van der Waals surface area contributed by atoms with Crippen molar-refractivity contribution in [3.63, 3.8) is 0 Å². The summed E-state index contributed by atoms with van der Waals surface area (Å²) in [6, 6.07) is 10.3. The maximum absolute atomic E-state index is 11.9. The van der Waals surface area contributed by atoms with Gasteiger partial charge in [-0.15, -0.1) is 0 Å². The monoisotopic (exact) mass is 405 g/mol. The Hall–Kier alpha value is -2.32. The summed E-state index contributed by atoms with van der Waals surface area (Å²) in [7, 11) is 5.54. The summed E-state index contributed by atoms with van der Waals surface area (Å²) in [5.41, 5.74) is 1.20. The third-order valence-corrected chi connectivity index (χ3v) is 4.80. The number of guanidine groups is 1. The average Bonchev–Trinajstić information content (AvgIpc) is 3.15. The summed E-state index contributed by atoms with van der Waals surface area (Å²) in [4.78, 5) is 20.0. The zero-order valence-electron chi connectivity index (χ0n) is 18.1. The highest BCUT2D eigenvalue weighted by molar-refractivity contribution is 5.84. The average molecular weight is 406 g/mol. The van der Waals surface area contributed by atoms with Crippen molar-refractivity contribution in [3.05, 3.63) is 30.3 Å². The number of hydrogen-bond acceptors (Lipinski definition) is 5. The molecule has 0 spiro atoms. The van der Waals surface area contributed by atoms with Gasteiger partial charge in [0, 0.05) is 52.9 Å². The number of aliphatic imine (C=N–C) groups is 1. The molecule has 1 aliphatic rings. The molecule has 1 saturated heterocycles. The number of para-hydroxylation sites is 1. The number of nitrogens with one attached hydrogen (secondary N) is 2. The fourth-order valence-corrected chi connectivity index (χ4v) is 2.91. The highest BCUT2D eigenvalue weighted by Crippen LogP contribution is 2.21. The van der Waals surface area contributed by atoms with E-state index < -0.39 is 5.79 Å². The van der Waals surface area contributed by atoms with E-state index in [1.54, 1.807) is 14.1 Å². The lowest BCUT2D eigenvalue weighted by atomic mass is 10.2. The number of carbonyl (C=O) groups is 1. The predicted molar refractivity (Wildman–Crippen MR) is 116 cm³/mol. The Bertz CT molecular complexity index is 645. The van der Waals surface area contributed by atoms with E-state index in [0.717, 1.165) is 19.5 Å². The minimum absolute atomic E-state index is 0.0377. The highest BCUT2D eigenvalue weighted by Gasteiger charge is 2.30. The largest absolute Gasteiger partial charge is 0.375 e. The van der Waals surface area contributed by atoms with Crippen LogP contribution in [0.3, 0.4) is 0 Å². The lowest BCUT2D eigenvalue weighted by Crippen LogP contribution is -2.42. The van der Waals surface area contributed by atoms with Crippen LogP contribution >= 0.6 is 0 Å². The first kappa shape index (κ1) is 23.0. The molecule has 0 atom stereocenters. The zero-order valence-corrected chi connectivity index (χ0v) is 18.1. The Labute approximate surface area is 174 Å². The van der Waals surface area contributed by atoms with Gasteiger partial charge >= 0.3 is 0 Å². The van der Waals surface area contributed by atoms with E-state index in [-0.39, 0.29) is 12.5 Å². The van der Waals surface area contributed by atoms with E-state index in [1.165, 1.54) is 10.6 Å². The zero-order chi connectivity index (χ0) is 21.1. The standard InChI is InChI=1S/C21H35N5O3/c1-21(28-15-16-29-21)11-13-23-20(24-17-19(27)25(2)3)22-12-8-14-26(4)18-9-6-5-7-10-18/h5-7,9-10H,8,11-17H2,1-4H3,(H2,22,23,24). The second-order valence-electron chi connectivity index (χ2n) is 7.50. The van der Waals surface area contributed by atoms with Crippen molar-refractivity contribution in [2.45, 2.75) is 25.6 Å². The Balaban J connectivity index is 1.79. The second kappa shape index (κ2) is 11.6. The first-order valence-electron chi connectivity index (χ1n) is 10.2. The van der Waals surface area contributed by atoms with Crippen molar-refractivity contribution >= 4 is 17.6 Å². The van der Waals surface area contributed by atoms with Crippen LogP contribution in [0.1, 0.15) is 19.8 Å². The molecular formula is C21H35N5O3. The Kier molecular flexibility index (Phi) is 9.21. The molecule has 162 valence electrons. The molecular weight excluding hydrogens is 370 g/mol. The summed E-state index contributed by atoms with van der Waals surface area (Å²) in [5, 5.41) is 6.60. The van der Waals surface area contributed by atoms with Crippen LogP contribution in [0, 0.1) is 0 Å². The second-order valence-corrected chi connectivity index (χ2v) is 7.50. The molecule has 8 nitrogen and oxygen atoms in total. The summed E-state index contributed by atoms with van der Waals surface area (Å²) in [6.45, 7) is 5.62. The van der Waals surface area contributed by atoms with E-state index in [1.807, 2.05) is 25.1 Å². The van der Waals surface area contributed by atoms with Crippen LogP contribution in [0.25, 0.3) is 0 Å². The van der Waals surface area contributed by atoms with Gasteiger partial charge < -0.3 is 29.9 Å². The summed E-state index contributed by atoms with van der Waals surface area (Å²) >= 11 is 0. The predicted octanol–water partition coefficient (Wildman–Crippen LogP) is 1.29. The first-order chi connectivity index (χ1) is 13.9. The van der Waals surface area contributed by atoms with Crippen molar-refractivity contribution in [1.82, 2.24) is 15.5 Å². The van der Waals surface area contributed by atoms with Crippen LogP contribution in [0.4, 0.5) is 5.69 Å². The Morgan fingerprint density at radius 3 is 2.41 bits per heavy atom. The molecule has 0 saturated carbocycles. The molecule has 2 rings (SSSR count). The normalized spacial score (nSPS) is 15.8. The van der Waals surface area contributed by atoms with Gasteiger partial charge in [0.15, 0.2) is 11.7 Å². The van der Waals surface area contributed by atoms with Gasteiger partial charge in [0.2, 0.25) is 5.91 Å². The maximum atomic E-state index is 11.9. The van der Waals surface area contributed by atoms with Crippen molar-refractivity contribution in [2.24, 2.45) is 4.99 Å². The number of rotatable bonds is 10. The van der Waals surface area contributed by atoms with Crippen molar-refractivity contribution in [2.75, 3.05) is 65.4 Å². The molecule has 29 heavy (non-hydrogen) atoms. The fourth-order valence-electron chi connectivity index (χ4n) is 2.91. The summed E-state index contributed by atoms with van der Waals surface area (Å²) < 4.78 is 11.3. The number of nitrogens with zero attached hydrogens (tertiary/aromatic N) is 3. The molecule has 1 heterocycles. The Morgan fingerprint density at radius 2 is 1.76 bits per heavy atom. The van der Waals surface area contributed by atoms with Crippen molar-refractivity contribution in [1.29, 1.82) is 0 Å². The SMILES string of the molecule is CN(C)C(=O)CN=C(NCCCN(C)c1ccccc1)NCCC1(C)OCCO1. The van der Waals surface area contributed by atoms with Crippen LogP contribution in [0.15, 0.2) is 35.3 Å². The lowest BCUT2D eigenvalue weighted by molar-refractivity contribution is -0.145. The molecule has 0 unspecified atom stereocenters. The van der Waals surface area contributed by atoms with Gasteiger partial charge in [-0.1, -0.05) is 18.2 Å². The number of likely N-dealkylation sites (N-methyl/N-ethyl adjacent to an activating group) is 1. The van der Waals surface area contributed by atoms with E-state index >= 15 is 0 Å². The van der Waals surface area contributed by atoms with Gasteiger partial charge in [-0.25, -0.2) is 4.99 Å².